The molecule has 3 heterocycles. The van der Waals surface area contributed by atoms with Gasteiger partial charge < -0.3 is 9.52 Å². The zero-order valence-corrected chi connectivity index (χ0v) is 21.9. The first-order valence-corrected chi connectivity index (χ1v) is 13.3. The fourth-order valence-electron chi connectivity index (χ4n) is 3.69. The zero-order valence-electron chi connectivity index (χ0n) is 18.0. The molecule has 36 heavy (non-hydrogen) atoms. The van der Waals surface area contributed by atoms with Crippen LogP contribution in [0.15, 0.2) is 80.9 Å². The van der Waals surface area contributed by atoms with Gasteiger partial charge in [-0.25, -0.2) is 0 Å². The normalized spacial score (nSPS) is 15.7. The number of halogens is 3. The first-order chi connectivity index (χ1) is 17.3. The van der Waals surface area contributed by atoms with Crippen LogP contribution in [0.1, 0.15) is 27.7 Å². The summed E-state index contributed by atoms with van der Waals surface area (Å²) in [6, 6.07) is 14.1. The Morgan fingerprint density at radius 2 is 1.86 bits per heavy atom. The number of furan rings is 1. The summed E-state index contributed by atoms with van der Waals surface area (Å²) in [5, 5.41) is 20.5. The number of Topliss-reactive ketones (excluding diaryl/α,β-unsaturated/α-hetero) is 1. The topological polar surface area (TPSA) is 96.5 Å². The van der Waals surface area contributed by atoms with Crippen molar-refractivity contribution in [2.75, 3.05) is 4.90 Å². The van der Waals surface area contributed by atoms with Gasteiger partial charge in [0.1, 0.15) is 0 Å². The number of hydrogen-bond donors (Lipinski definition) is 1. The molecule has 4 aromatic rings. The standard InChI is InChI=1S/C24H14Cl3N3O4S2/c25-14-5-2-1-4-13(14)11-35-24-29-28-23(36-24)30-19(12-7-8-15(26)16(27)10-12)18(21(32)22(30)33)20(31)17-6-3-9-34-17/h1-10,19,32H,11H2. The lowest BCUT2D eigenvalue weighted by Gasteiger charge is -2.24. The van der Waals surface area contributed by atoms with Crippen molar-refractivity contribution in [3.63, 3.8) is 0 Å². The summed E-state index contributed by atoms with van der Waals surface area (Å²) in [5.41, 5.74) is 1.23. The number of anilines is 1. The van der Waals surface area contributed by atoms with Crippen LogP contribution in [0.4, 0.5) is 5.13 Å². The SMILES string of the molecule is O=C(C1=C(O)C(=O)N(c2nnc(SCc3ccccc3Cl)s2)C1c1ccc(Cl)c(Cl)c1)c1ccco1. The lowest BCUT2D eigenvalue weighted by atomic mass is 9.95. The summed E-state index contributed by atoms with van der Waals surface area (Å²) in [4.78, 5) is 27.7. The van der Waals surface area contributed by atoms with E-state index in [4.69, 9.17) is 39.2 Å². The summed E-state index contributed by atoms with van der Waals surface area (Å²) in [7, 11) is 0. The highest BCUT2D eigenvalue weighted by Crippen LogP contribution is 2.45. The molecule has 1 aliphatic heterocycles. The molecule has 0 saturated carbocycles. The van der Waals surface area contributed by atoms with E-state index >= 15 is 0 Å². The predicted molar refractivity (Wildman–Crippen MR) is 140 cm³/mol. The summed E-state index contributed by atoms with van der Waals surface area (Å²) in [6.45, 7) is 0. The van der Waals surface area contributed by atoms with Crippen LogP contribution in [0.25, 0.3) is 0 Å². The molecule has 2 aromatic carbocycles. The molecule has 0 fully saturated rings. The van der Waals surface area contributed by atoms with Crippen LogP contribution in [-0.4, -0.2) is 27.0 Å². The molecule has 0 spiro atoms. The Balaban J connectivity index is 1.51. The van der Waals surface area contributed by atoms with E-state index in [-0.39, 0.29) is 21.5 Å². The van der Waals surface area contributed by atoms with Crippen molar-refractivity contribution in [2.45, 2.75) is 16.1 Å². The Morgan fingerprint density at radius 3 is 2.58 bits per heavy atom. The number of carbonyl (C=O) groups excluding carboxylic acids is 2. The van der Waals surface area contributed by atoms with Crippen LogP contribution in [-0.2, 0) is 10.5 Å². The molecule has 1 N–H and O–H groups in total. The first-order valence-electron chi connectivity index (χ1n) is 10.3. The number of aliphatic hydroxyl groups excluding tert-OH is 1. The third-order valence-electron chi connectivity index (χ3n) is 5.37. The number of hydrogen-bond acceptors (Lipinski definition) is 8. The quantitative estimate of drug-likeness (QED) is 0.141. The molecule has 12 heteroatoms. The smallest absolute Gasteiger partial charge is 0.296 e. The maximum absolute atomic E-state index is 13.3. The van der Waals surface area contributed by atoms with Crippen molar-refractivity contribution >= 4 is 74.7 Å². The van der Waals surface area contributed by atoms with Crippen LogP contribution in [0, 0.1) is 0 Å². The van der Waals surface area contributed by atoms with Gasteiger partial charge in [0.05, 0.1) is 27.9 Å². The molecule has 1 atom stereocenters. The number of ketones is 1. The van der Waals surface area contributed by atoms with Crippen molar-refractivity contribution in [3.8, 4) is 0 Å². The number of nitrogens with zero attached hydrogens (tertiary/aromatic N) is 3. The van der Waals surface area contributed by atoms with Crippen LogP contribution in [0.2, 0.25) is 15.1 Å². The van der Waals surface area contributed by atoms with Gasteiger partial charge in [0.25, 0.3) is 5.91 Å². The van der Waals surface area contributed by atoms with Gasteiger partial charge in [-0.05, 0) is 41.5 Å². The van der Waals surface area contributed by atoms with E-state index in [1.54, 1.807) is 24.3 Å². The van der Waals surface area contributed by atoms with Crippen LogP contribution >= 0.6 is 57.9 Å². The first kappa shape index (κ1) is 24.9. The molecular formula is C24H14Cl3N3O4S2. The molecular weight excluding hydrogens is 565 g/mol. The largest absolute Gasteiger partial charge is 0.503 e. The molecule has 0 saturated heterocycles. The van der Waals surface area contributed by atoms with E-state index < -0.39 is 23.5 Å². The van der Waals surface area contributed by atoms with E-state index in [2.05, 4.69) is 10.2 Å². The number of benzene rings is 2. The van der Waals surface area contributed by atoms with Crippen molar-refractivity contribution in [3.05, 3.63) is 104 Å². The Morgan fingerprint density at radius 1 is 1.06 bits per heavy atom. The van der Waals surface area contributed by atoms with Crippen LogP contribution in [0.3, 0.4) is 0 Å². The van der Waals surface area contributed by atoms with Gasteiger partial charge in [-0.15, -0.1) is 10.2 Å². The molecule has 0 bridgehead atoms. The Hall–Kier alpha value is -2.82. The molecule has 182 valence electrons. The maximum Gasteiger partial charge on any atom is 0.296 e. The van der Waals surface area contributed by atoms with E-state index in [1.165, 1.54) is 35.1 Å². The molecule has 1 amide bonds. The Bertz CT molecular complexity index is 1500. The number of thioether (sulfide) groups is 1. The number of rotatable bonds is 7. The van der Waals surface area contributed by atoms with Gasteiger partial charge in [-0.1, -0.05) is 82.2 Å². The van der Waals surface area contributed by atoms with E-state index in [0.717, 1.165) is 16.9 Å². The highest BCUT2D eigenvalue weighted by atomic mass is 35.5. The highest BCUT2D eigenvalue weighted by molar-refractivity contribution is 8.00. The van der Waals surface area contributed by atoms with Crippen molar-refractivity contribution < 1.29 is 19.1 Å². The summed E-state index contributed by atoms with van der Waals surface area (Å²) in [5.74, 6) is -1.61. The minimum absolute atomic E-state index is 0.0236. The van der Waals surface area contributed by atoms with E-state index in [0.29, 0.717) is 25.7 Å². The second kappa shape index (κ2) is 10.3. The van der Waals surface area contributed by atoms with Gasteiger partial charge >= 0.3 is 0 Å². The second-order valence-electron chi connectivity index (χ2n) is 7.55. The minimum Gasteiger partial charge on any atom is -0.503 e. The number of amides is 1. The van der Waals surface area contributed by atoms with Crippen LogP contribution in [0.5, 0.6) is 0 Å². The third-order valence-corrected chi connectivity index (χ3v) is 8.58. The zero-order chi connectivity index (χ0) is 25.4. The summed E-state index contributed by atoms with van der Waals surface area (Å²) in [6.07, 6.45) is 1.33. The molecule has 2 aromatic heterocycles. The molecule has 1 unspecified atom stereocenters. The highest BCUT2D eigenvalue weighted by Gasteiger charge is 2.46. The average Bonchev–Trinajstić information content (AvgIpc) is 3.61. The van der Waals surface area contributed by atoms with Crippen LogP contribution < -0.4 is 4.90 Å². The number of aliphatic hydroxyl groups is 1. The molecule has 7 nitrogen and oxygen atoms in total. The Kier molecular flexibility index (Phi) is 7.09. The molecule has 5 rings (SSSR count). The molecule has 0 radical (unpaired) electrons. The van der Waals surface area contributed by atoms with Crippen molar-refractivity contribution in [1.29, 1.82) is 0 Å². The van der Waals surface area contributed by atoms with Gasteiger partial charge in [0, 0.05) is 10.8 Å². The third kappa shape index (κ3) is 4.65. The second-order valence-corrected chi connectivity index (χ2v) is 11.0. The molecule has 0 aliphatic carbocycles. The van der Waals surface area contributed by atoms with Crippen molar-refractivity contribution in [2.24, 2.45) is 0 Å². The summed E-state index contributed by atoms with van der Waals surface area (Å²) >= 11 is 21.1. The maximum atomic E-state index is 13.3. The fraction of sp³-hybridized carbons (Fsp3) is 0.0833. The van der Waals surface area contributed by atoms with Gasteiger partial charge in [0.15, 0.2) is 15.9 Å². The van der Waals surface area contributed by atoms with E-state index in [1.807, 2.05) is 18.2 Å². The average molecular weight is 579 g/mol. The van der Waals surface area contributed by atoms with E-state index in [9.17, 15) is 14.7 Å². The lowest BCUT2D eigenvalue weighted by Crippen LogP contribution is -2.31. The number of aromatic nitrogens is 2. The molecule has 1 aliphatic rings. The van der Waals surface area contributed by atoms with Crippen molar-refractivity contribution in [1.82, 2.24) is 10.2 Å². The fourth-order valence-corrected chi connectivity index (χ4v) is 6.15. The van der Waals surface area contributed by atoms with Gasteiger partial charge in [-0.3, -0.25) is 14.5 Å². The summed E-state index contributed by atoms with van der Waals surface area (Å²) < 4.78 is 5.82. The van der Waals surface area contributed by atoms with Gasteiger partial charge in [-0.2, -0.15) is 0 Å². The Labute approximate surface area is 228 Å². The van der Waals surface area contributed by atoms with Gasteiger partial charge in [0.2, 0.25) is 10.9 Å². The predicted octanol–water partition coefficient (Wildman–Crippen LogP) is 7.17. The minimum atomic E-state index is -1.03. The lowest BCUT2D eigenvalue weighted by molar-refractivity contribution is -0.117. The number of carbonyl (C=O) groups is 2. The monoisotopic (exact) mass is 577 g/mol.